The summed E-state index contributed by atoms with van der Waals surface area (Å²) in [6, 6.07) is 9.60. The molecule has 0 saturated heterocycles. The van der Waals surface area contributed by atoms with Gasteiger partial charge in [-0.05, 0) is 31.4 Å². The summed E-state index contributed by atoms with van der Waals surface area (Å²) >= 11 is 1.48. The number of nitrogens with zero attached hydrogens (tertiary/aromatic N) is 2. The Morgan fingerprint density at radius 2 is 2.10 bits per heavy atom. The van der Waals surface area contributed by atoms with Crippen molar-refractivity contribution < 1.29 is 9.53 Å². The number of nitrogens with one attached hydrogen (secondary N) is 1. The van der Waals surface area contributed by atoms with E-state index in [4.69, 9.17) is 4.74 Å². The quantitative estimate of drug-likeness (QED) is 0.798. The lowest BCUT2D eigenvalue weighted by Crippen LogP contribution is -2.12. The summed E-state index contributed by atoms with van der Waals surface area (Å²) in [5.74, 6) is 1.37. The molecule has 1 fully saturated rings. The normalized spacial score (nSPS) is 13.9. The van der Waals surface area contributed by atoms with Crippen LogP contribution in [0, 0.1) is 0 Å². The van der Waals surface area contributed by atoms with Crippen molar-refractivity contribution in [2.24, 2.45) is 0 Å². The molecule has 1 N–H and O–H groups in total. The summed E-state index contributed by atoms with van der Waals surface area (Å²) in [4.78, 5) is 11.8. The van der Waals surface area contributed by atoms with Crippen molar-refractivity contribution in [1.82, 2.24) is 10.2 Å². The number of amides is 1. The Morgan fingerprint density at radius 1 is 1.29 bits per heavy atom. The largest absolute Gasteiger partial charge is 0.494 e. The summed E-state index contributed by atoms with van der Waals surface area (Å²) in [5.41, 5.74) is 0. The van der Waals surface area contributed by atoms with E-state index in [9.17, 15) is 4.79 Å². The van der Waals surface area contributed by atoms with Crippen molar-refractivity contribution in [1.29, 1.82) is 0 Å². The maximum Gasteiger partial charge on any atom is 0.226 e. The lowest BCUT2D eigenvalue weighted by molar-refractivity contribution is -0.116. The summed E-state index contributed by atoms with van der Waals surface area (Å²) in [5, 5.41) is 12.5. The first-order valence-electron chi connectivity index (χ1n) is 7.12. The second kappa shape index (κ2) is 6.67. The van der Waals surface area contributed by atoms with Gasteiger partial charge in [0.1, 0.15) is 10.8 Å². The number of carbonyl (C=O) groups excluding carboxylic acids is 1. The van der Waals surface area contributed by atoms with Crippen molar-refractivity contribution in [2.45, 2.75) is 31.6 Å². The molecular formula is C15H17N3O2S. The van der Waals surface area contributed by atoms with Gasteiger partial charge in [-0.25, -0.2) is 0 Å². The molecule has 0 aliphatic heterocycles. The maximum atomic E-state index is 11.8. The van der Waals surface area contributed by atoms with Crippen LogP contribution in [0.1, 0.15) is 36.6 Å². The van der Waals surface area contributed by atoms with Gasteiger partial charge in [0.15, 0.2) is 0 Å². The molecule has 6 heteroatoms. The lowest BCUT2D eigenvalue weighted by atomic mass is 10.3. The van der Waals surface area contributed by atoms with E-state index >= 15 is 0 Å². The third-order valence-electron chi connectivity index (χ3n) is 3.17. The summed E-state index contributed by atoms with van der Waals surface area (Å²) in [7, 11) is 0. The Bertz CT molecular complexity index is 596. The van der Waals surface area contributed by atoms with Crippen LogP contribution in [0.15, 0.2) is 30.3 Å². The van der Waals surface area contributed by atoms with E-state index in [-0.39, 0.29) is 5.91 Å². The predicted octanol–water partition coefficient (Wildman–Crippen LogP) is 3.21. The molecule has 2 aromatic rings. The molecule has 0 unspecified atom stereocenters. The average Bonchev–Trinajstić information content (AvgIpc) is 3.25. The molecule has 0 bridgehead atoms. The van der Waals surface area contributed by atoms with Crippen LogP contribution in [0.5, 0.6) is 5.75 Å². The molecule has 1 aliphatic rings. The van der Waals surface area contributed by atoms with E-state index in [1.54, 1.807) is 0 Å². The molecule has 1 aliphatic carbocycles. The number of carbonyl (C=O) groups is 1. The van der Waals surface area contributed by atoms with Gasteiger partial charge in [0.05, 0.1) is 6.61 Å². The molecule has 0 radical (unpaired) electrons. The van der Waals surface area contributed by atoms with Gasteiger partial charge in [-0.1, -0.05) is 29.5 Å². The minimum absolute atomic E-state index is 0.0369. The average molecular weight is 303 g/mol. The summed E-state index contributed by atoms with van der Waals surface area (Å²) in [6.45, 7) is 0.529. The standard InChI is InChI=1S/C15H17N3O2S/c19-13(7-4-10-20-12-5-2-1-3-6-12)16-15-18-17-14(21-15)11-8-9-11/h1-3,5-6,11H,4,7-10H2,(H,16,18,19). The number of para-hydroxylation sites is 1. The van der Waals surface area contributed by atoms with Gasteiger partial charge in [-0.15, -0.1) is 10.2 Å². The van der Waals surface area contributed by atoms with E-state index in [0.717, 1.165) is 10.8 Å². The van der Waals surface area contributed by atoms with Crippen LogP contribution in [0.3, 0.4) is 0 Å². The summed E-state index contributed by atoms with van der Waals surface area (Å²) in [6.07, 6.45) is 3.49. The first-order chi connectivity index (χ1) is 10.3. The zero-order valence-electron chi connectivity index (χ0n) is 11.6. The SMILES string of the molecule is O=C(CCCOc1ccccc1)Nc1nnc(C2CC2)s1. The van der Waals surface area contributed by atoms with Gasteiger partial charge >= 0.3 is 0 Å². The number of aromatic nitrogens is 2. The highest BCUT2D eigenvalue weighted by Crippen LogP contribution is 2.42. The molecule has 0 spiro atoms. The van der Waals surface area contributed by atoms with Crippen LogP contribution < -0.4 is 10.1 Å². The molecule has 110 valence electrons. The van der Waals surface area contributed by atoms with Crippen molar-refractivity contribution in [3.05, 3.63) is 35.3 Å². The van der Waals surface area contributed by atoms with Crippen molar-refractivity contribution >= 4 is 22.4 Å². The third kappa shape index (κ3) is 4.26. The highest BCUT2D eigenvalue weighted by Gasteiger charge is 2.27. The molecule has 1 aromatic heterocycles. The highest BCUT2D eigenvalue weighted by molar-refractivity contribution is 7.15. The number of hydrogen-bond acceptors (Lipinski definition) is 5. The smallest absolute Gasteiger partial charge is 0.226 e. The van der Waals surface area contributed by atoms with Gasteiger partial charge in [0, 0.05) is 12.3 Å². The Labute approximate surface area is 127 Å². The highest BCUT2D eigenvalue weighted by atomic mass is 32.1. The summed E-state index contributed by atoms with van der Waals surface area (Å²) < 4.78 is 5.55. The van der Waals surface area contributed by atoms with E-state index in [1.165, 1.54) is 24.2 Å². The molecule has 0 atom stereocenters. The van der Waals surface area contributed by atoms with Gasteiger partial charge in [-0.3, -0.25) is 4.79 Å². The topological polar surface area (TPSA) is 64.1 Å². The molecule has 1 amide bonds. The molecule has 3 rings (SSSR count). The predicted molar refractivity (Wildman–Crippen MR) is 81.7 cm³/mol. The lowest BCUT2D eigenvalue weighted by Gasteiger charge is -2.05. The molecule has 21 heavy (non-hydrogen) atoms. The van der Waals surface area contributed by atoms with Crippen molar-refractivity contribution in [3.8, 4) is 5.75 Å². The third-order valence-corrected chi connectivity index (χ3v) is 4.17. The Hall–Kier alpha value is -1.95. The van der Waals surface area contributed by atoms with Crippen LogP contribution in [0.25, 0.3) is 0 Å². The van der Waals surface area contributed by atoms with E-state index < -0.39 is 0 Å². The Balaban J connectivity index is 1.36. The zero-order valence-corrected chi connectivity index (χ0v) is 12.4. The Morgan fingerprint density at radius 3 is 2.86 bits per heavy atom. The molecular weight excluding hydrogens is 286 g/mol. The van der Waals surface area contributed by atoms with Gasteiger partial charge in [-0.2, -0.15) is 0 Å². The number of hydrogen-bond donors (Lipinski definition) is 1. The number of rotatable bonds is 7. The van der Waals surface area contributed by atoms with Crippen molar-refractivity contribution in [3.63, 3.8) is 0 Å². The van der Waals surface area contributed by atoms with Crippen LogP contribution in [0.2, 0.25) is 0 Å². The van der Waals surface area contributed by atoms with E-state index in [1.807, 2.05) is 30.3 Å². The number of ether oxygens (including phenoxy) is 1. The molecule has 1 saturated carbocycles. The van der Waals surface area contributed by atoms with Crippen LogP contribution in [-0.2, 0) is 4.79 Å². The van der Waals surface area contributed by atoms with Gasteiger partial charge in [0.2, 0.25) is 11.0 Å². The second-order valence-electron chi connectivity index (χ2n) is 5.03. The molecule has 5 nitrogen and oxygen atoms in total. The number of anilines is 1. The zero-order chi connectivity index (χ0) is 14.5. The molecule has 1 heterocycles. The van der Waals surface area contributed by atoms with Gasteiger partial charge in [0.25, 0.3) is 0 Å². The number of benzene rings is 1. The first kappa shape index (κ1) is 14.0. The van der Waals surface area contributed by atoms with Gasteiger partial charge < -0.3 is 10.1 Å². The fraction of sp³-hybridized carbons (Fsp3) is 0.400. The van der Waals surface area contributed by atoms with E-state index in [0.29, 0.717) is 30.5 Å². The van der Waals surface area contributed by atoms with E-state index in [2.05, 4.69) is 15.5 Å². The van der Waals surface area contributed by atoms with Crippen LogP contribution >= 0.6 is 11.3 Å². The minimum atomic E-state index is -0.0369. The second-order valence-corrected chi connectivity index (χ2v) is 6.04. The fourth-order valence-electron chi connectivity index (χ4n) is 1.90. The van der Waals surface area contributed by atoms with Crippen LogP contribution in [-0.4, -0.2) is 22.7 Å². The van der Waals surface area contributed by atoms with Crippen LogP contribution in [0.4, 0.5) is 5.13 Å². The fourth-order valence-corrected chi connectivity index (χ4v) is 2.83. The molecule has 1 aromatic carbocycles. The monoisotopic (exact) mass is 303 g/mol. The van der Waals surface area contributed by atoms with Crippen molar-refractivity contribution in [2.75, 3.05) is 11.9 Å². The maximum absolute atomic E-state index is 11.8. The first-order valence-corrected chi connectivity index (χ1v) is 7.94. The Kier molecular flexibility index (Phi) is 4.45. The minimum Gasteiger partial charge on any atom is -0.494 e.